The van der Waals surface area contributed by atoms with Crippen molar-refractivity contribution in [3.63, 3.8) is 0 Å². The third-order valence-electron chi connectivity index (χ3n) is 3.81. The number of carbonyl (C=O) groups excluding carboxylic acids is 2. The van der Waals surface area contributed by atoms with Gasteiger partial charge < -0.3 is 24.8 Å². The molecule has 2 N–H and O–H groups in total. The third kappa shape index (κ3) is 5.42. The van der Waals surface area contributed by atoms with Crippen LogP contribution in [0.1, 0.15) is 11.7 Å². The Morgan fingerprint density at radius 2 is 1.81 bits per heavy atom. The third-order valence-corrected chi connectivity index (χ3v) is 3.81. The Labute approximate surface area is 156 Å². The summed E-state index contributed by atoms with van der Waals surface area (Å²) in [6.07, 6.45) is -0.594. The van der Waals surface area contributed by atoms with Crippen molar-refractivity contribution < 1.29 is 28.2 Å². The molecule has 0 fully saturated rings. The Bertz CT molecular complexity index is 812. The van der Waals surface area contributed by atoms with Crippen LogP contribution in [0.25, 0.3) is 0 Å². The van der Waals surface area contributed by atoms with Crippen LogP contribution in [0.15, 0.2) is 42.5 Å². The summed E-state index contributed by atoms with van der Waals surface area (Å²) < 4.78 is 28.8. The molecule has 0 saturated heterocycles. The summed E-state index contributed by atoms with van der Waals surface area (Å²) in [6.45, 7) is 0.00144. The Balaban J connectivity index is 2.00. The first-order valence-corrected chi connectivity index (χ1v) is 8.08. The first-order valence-electron chi connectivity index (χ1n) is 8.08. The standard InChI is InChI=1S/C19H21FN2O5/c1-25-14-7-8-16(26-2)15(10-14)22-19(24)18(23)21-11-17(27-3)12-5-4-6-13(20)9-12/h4-10,17H,11H2,1-3H3,(H,21,23)(H,22,24). The number of carbonyl (C=O) groups is 2. The lowest BCUT2D eigenvalue weighted by Crippen LogP contribution is -2.38. The second-order valence-electron chi connectivity index (χ2n) is 5.51. The Morgan fingerprint density at radius 3 is 2.44 bits per heavy atom. The molecule has 1 atom stereocenters. The minimum absolute atomic E-state index is 0.00144. The normalized spacial score (nSPS) is 11.4. The Hall–Kier alpha value is -3.13. The highest BCUT2D eigenvalue weighted by Crippen LogP contribution is 2.28. The summed E-state index contributed by atoms with van der Waals surface area (Å²) in [4.78, 5) is 24.2. The molecule has 27 heavy (non-hydrogen) atoms. The van der Waals surface area contributed by atoms with Gasteiger partial charge in [-0.05, 0) is 29.8 Å². The van der Waals surface area contributed by atoms with E-state index in [1.165, 1.54) is 39.5 Å². The summed E-state index contributed by atoms with van der Waals surface area (Å²) >= 11 is 0. The zero-order valence-electron chi connectivity index (χ0n) is 15.2. The lowest BCUT2D eigenvalue weighted by Gasteiger charge is -2.17. The van der Waals surface area contributed by atoms with E-state index in [2.05, 4.69) is 10.6 Å². The summed E-state index contributed by atoms with van der Waals surface area (Å²) in [5.74, 6) is -1.28. The lowest BCUT2D eigenvalue weighted by molar-refractivity contribution is -0.136. The van der Waals surface area contributed by atoms with Crippen LogP contribution < -0.4 is 20.1 Å². The van der Waals surface area contributed by atoms with Gasteiger partial charge >= 0.3 is 11.8 Å². The van der Waals surface area contributed by atoms with Crippen molar-refractivity contribution in [1.29, 1.82) is 0 Å². The van der Waals surface area contributed by atoms with E-state index in [-0.39, 0.29) is 6.54 Å². The highest BCUT2D eigenvalue weighted by Gasteiger charge is 2.19. The molecule has 0 aliphatic carbocycles. The summed E-state index contributed by atoms with van der Waals surface area (Å²) in [5, 5.41) is 4.94. The fourth-order valence-electron chi connectivity index (χ4n) is 2.40. The van der Waals surface area contributed by atoms with Gasteiger partial charge in [0.1, 0.15) is 17.3 Å². The highest BCUT2D eigenvalue weighted by molar-refractivity contribution is 6.39. The van der Waals surface area contributed by atoms with Gasteiger partial charge in [-0.3, -0.25) is 9.59 Å². The molecule has 0 saturated carbocycles. The van der Waals surface area contributed by atoms with E-state index in [9.17, 15) is 14.0 Å². The number of nitrogens with one attached hydrogen (secondary N) is 2. The van der Waals surface area contributed by atoms with E-state index < -0.39 is 23.7 Å². The van der Waals surface area contributed by atoms with Gasteiger partial charge in [-0.1, -0.05) is 12.1 Å². The SMILES string of the molecule is COc1ccc(OC)c(NC(=O)C(=O)NCC(OC)c2cccc(F)c2)c1. The topological polar surface area (TPSA) is 85.9 Å². The first-order chi connectivity index (χ1) is 13.0. The van der Waals surface area contributed by atoms with Crippen LogP contribution in [-0.2, 0) is 14.3 Å². The van der Waals surface area contributed by atoms with Gasteiger partial charge in [-0.2, -0.15) is 0 Å². The number of benzene rings is 2. The molecule has 0 aliphatic rings. The molecule has 7 nitrogen and oxygen atoms in total. The first kappa shape index (κ1) is 20.2. The molecule has 2 aromatic carbocycles. The average molecular weight is 376 g/mol. The summed E-state index contributed by atoms with van der Waals surface area (Å²) in [5.41, 5.74) is 0.845. The molecule has 0 spiro atoms. The van der Waals surface area contributed by atoms with Crippen LogP contribution in [0.2, 0.25) is 0 Å². The number of rotatable bonds is 7. The smallest absolute Gasteiger partial charge is 0.313 e. The van der Waals surface area contributed by atoms with Crippen LogP contribution in [0.4, 0.5) is 10.1 Å². The van der Waals surface area contributed by atoms with Gasteiger partial charge in [-0.25, -0.2) is 4.39 Å². The number of methoxy groups -OCH3 is 3. The van der Waals surface area contributed by atoms with Crippen molar-refractivity contribution >= 4 is 17.5 Å². The molecule has 0 aromatic heterocycles. The van der Waals surface area contributed by atoms with Crippen LogP contribution in [0, 0.1) is 5.82 Å². The minimum Gasteiger partial charge on any atom is -0.497 e. The number of ether oxygens (including phenoxy) is 3. The van der Waals surface area contributed by atoms with Gasteiger partial charge in [-0.15, -0.1) is 0 Å². The van der Waals surface area contributed by atoms with Crippen LogP contribution in [0.5, 0.6) is 11.5 Å². The van der Waals surface area contributed by atoms with Gasteiger partial charge in [0.15, 0.2) is 0 Å². The van der Waals surface area contributed by atoms with Crippen molar-refractivity contribution in [2.75, 3.05) is 33.2 Å². The van der Waals surface area contributed by atoms with Gasteiger partial charge in [0, 0.05) is 19.7 Å². The van der Waals surface area contributed by atoms with E-state index in [4.69, 9.17) is 14.2 Å². The van der Waals surface area contributed by atoms with Gasteiger partial charge in [0.05, 0.1) is 26.0 Å². The van der Waals surface area contributed by atoms with Crippen LogP contribution in [0.3, 0.4) is 0 Å². The molecule has 2 amide bonds. The fraction of sp³-hybridized carbons (Fsp3) is 0.263. The Kier molecular flexibility index (Phi) is 7.13. The van der Waals surface area contributed by atoms with E-state index in [1.807, 2.05) is 0 Å². The lowest BCUT2D eigenvalue weighted by atomic mass is 10.1. The van der Waals surface area contributed by atoms with Gasteiger partial charge in [0.25, 0.3) is 0 Å². The number of anilines is 1. The van der Waals surface area contributed by atoms with Crippen LogP contribution in [-0.4, -0.2) is 39.7 Å². The number of hydrogen-bond acceptors (Lipinski definition) is 5. The Morgan fingerprint density at radius 1 is 1.04 bits per heavy atom. The molecule has 144 valence electrons. The van der Waals surface area contributed by atoms with E-state index >= 15 is 0 Å². The van der Waals surface area contributed by atoms with Crippen molar-refractivity contribution in [2.45, 2.75) is 6.10 Å². The van der Waals surface area contributed by atoms with Crippen molar-refractivity contribution in [3.8, 4) is 11.5 Å². The second-order valence-corrected chi connectivity index (χ2v) is 5.51. The van der Waals surface area contributed by atoms with Gasteiger partial charge in [0.2, 0.25) is 0 Å². The highest BCUT2D eigenvalue weighted by atomic mass is 19.1. The van der Waals surface area contributed by atoms with Crippen molar-refractivity contribution in [1.82, 2.24) is 5.32 Å². The second kappa shape index (κ2) is 9.54. The maximum atomic E-state index is 13.3. The largest absolute Gasteiger partial charge is 0.497 e. The quantitative estimate of drug-likeness (QED) is 0.724. The molecule has 2 aromatic rings. The van der Waals surface area contributed by atoms with E-state index in [0.717, 1.165) is 0 Å². The van der Waals surface area contributed by atoms with Crippen LogP contribution >= 0.6 is 0 Å². The molecule has 1 unspecified atom stereocenters. The molecule has 0 heterocycles. The zero-order chi connectivity index (χ0) is 19.8. The summed E-state index contributed by atoms with van der Waals surface area (Å²) in [6, 6.07) is 10.6. The van der Waals surface area contributed by atoms with Crippen molar-refractivity contribution in [3.05, 3.63) is 53.8 Å². The molecular weight excluding hydrogens is 355 g/mol. The van der Waals surface area contributed by atoms with Crippen molar-refractivity contribution in [2.24, 2.45) is 0 Å². The predicted molar refractivity (Wildman–Crippen MR) is 97.3 cm³/mol. The predicted octanol–water partition coefficient (Wildman–Crippen LogP) is 2.29. The molecule has 2 rings (SSSR count). The number of hydrogen-bond donors (Lipinski definition) is 2. The molecule has 0 aliphatic heterocycles. The monoisotopic (exact) mass is 376 g/mol. The maximum absolute atomic E-state index is 13.3. The molecular formula is C19H21FN2O5. The fourth-order valence-corrected chi connectivity index (χ4v) is 2.40. The molecule has 8 heteroatoms. The molecule has 0 radical (unpaired) electrons. The minimum atomic E-state index is -0.879. The number of halogens is 1. The van der Waals surface area contributed by atoms with E-state index in [1.54, 1.807) is 24.3 Å². The molecule has 0 bridgehead atoms. The summed E-state index contributed by atoms with van der Waals surface area (Å²) in [7, 11) is 4.36. The average Bonchev–Trinajstić information content (AvgIpc) is 2.68. The maximum Gasteiger partial charge on any atom is 0.313 e. The zero-order valence-corrected chi connectivity index (χ0v) is 15.2. The number of amides is 2. The van der Waals surface area contributed by atoms with E-state index in [0.29, 0.717) is 22.7 Å².